The molecule has 0 saturated heterocycles. The van der Waals surface area contributed by atoms with Gasteiger partial charge in [0.1, 0.15) is 13.2 Å². The zero-order valence-corrected chi connectivity index (χ0v) is 22.8. The number of carbonyl (C=O) groups is 2. The first kappa shape index (κ1) is 29.7. The van der Waals surface area contributed by atoms with Gasteiger partial charge in [-0.3, -0.25) is 0 Å². The quantitative estimate of drug-likeness (QED) is 0.182. The van der Waals surface area contributed by atoms with E-state index in [1.54, 1.807) is 0 Å². The molecule has 4 nitrogen and oxygen atoms in total. The third kappa shape index (κ3) is 4.61. The average Bonchev–Trinajstić information content (AvgIpc) is 3.33. The van der Waals surface area contributed by atoms with Crippen LogP contribution >= 0.6 is 22.7 Å². The summed E-state index contributed by atoms with van der Waals surface area (Å²) in [5, 5.41) is 1.08. The molecule has 0 saturated carbocycles. The molecule has 0 fully saturated rings. The van der Waals surface area contributed by atoms with E-state index in [1.807, 2.05) is 0 Å². The fraction of sp³-hybridized carbons (Fsp3) is 0.385. The first-order chi connectivity index (χ1) is 17.4. The van der Waals surface area contributed by atoms with Gasteiger partial charge in [-0.2, -0.15) is 26.3 Å². The molecule has 0 amide bonds. The van der Waals surface area contributed by atoms with Gasteiger partial charge in [0.25, 0.3) is 0 Å². The highest BCUT2D eigenvalue weighted by molar-refractivity contribution is 7.12. The highest BCUT2D eigenvalue weighted by atomic mass is 32.1. The van der Waals surface area contributed by atoms with E-state index in [-0.39, 0.29) is 50.1 Å². The topological polar surface area (TPSA) is 52.6 Å². The predicted molar refractivity (Wildman–Crippen MR) is 134 cm³/mol. The van der Waals surface area contributed by atoms with E-state index < -0.39 is 52.0 Å². The standard InChI is InChI=1S/C26H24F6O4S2/c1-11(2)22(33)35-8-17-13(5)16(10-37-17)20-21(25(29,30)26(31,32)24(20,27)28)19-14(6)18(38-15(19)7)9-36-23(34)12(3)4/h10H,1,3,8-9H2,2,4-7H3. The van der Waals surface area contributed by atoms with E-state index in [4.69, 9.17) is 9.47 Å². The number of thiophene rings is 2. The first-order valence-electron chi connectivity index (χ1n) is 11.1. The lowest BCUT2D eigenvalue weighted by Crippen LogP contribution is -2.49. The van der Waals surface area contributed by atoms with Gasteiger partial charge in [-0.25, -0.2) is 9.59 Å². The second-order valence-corrected chi connectivity index (χ2v) is 11.2. The summed E-state index contributed by atoms with van der Waals surface area (Å²) in [5.74, 6) is -17.7. The number of halogens is 6. The largest absolute Gasteiger partial charge is 0.457 e. The van der Waals surface area contributed by atoms with Crippen molar-refractivity contribution in [2.24, 2.45) is 0 Å². The molecule has 206 valence electrons. The van der Waals surface area contributed by atoms with Crippen LogP contribution in [0.5, 0.6) is 0 Å². The van der Waals surface area contributed by atoms with Crippen LogP contribution in [0.2, 0.25) is 0 Å². The van der Waals surface area contributed by atoms with Crippen LogP contribution in [-0.2, 0) is 32.3 Å². The van der Waals surface area contributed by atoms with E-state index in [0.717, 1.165) is 28.1 Å². The van der Waals surface area contributed by atoms with Gasteiger partial charge in [-0.1, -0.05) is 13.2 Å². The van der Waals surface area contributed by atoms with Crippen molar-refractivity contribution < 1.29 is 45.4 Å². The number of hydrogen-bond acceptors (Lipinski definition) is 6. The molecule has 0 atom stereocenters. The Morgan fingerprint density at radius 3 is 1.79 bits per heavy atom. The molecule has 1 aliphatic rings. The summed E-state index contributed by atoms with van der Waals surface area (Å²) in [4.78, 5) is 24.0. The molecule has 3 rings (SSSR count). The SMILES string of the molecule is C=C(C)C(=O)OCc1scc(C2=C(c3c(C)sc(COC(=O)C(=C)C)c3C)C(F)(F)C(F)(F)C2(F)F)c1C. The highest BCUT2D eigenvalue weighted by Gasteiger charge is 2.80. The normalized spacial score (nSPS) is 17.4. The van der Waals surface area contributed by atoms with Crippen molar-refractivity contribution in [3.05, 3.63) is 66.6 Å². The molecule has 2 heterocycles. The number of allylic oxidation sites excluding steroid dienone is 2. The van der Waals surface area contributed by atoms with Crippen LogP contribution in [-0.4, -0.2) is 29.7 Å². The van der Waals surface area contributed by atoms with Gasteiger partial charge >= 0.3 is 29.7 Å². The minimum atomic E-state index is -5.72. The molecule has 38 heavy (non-hydrogen) atoms. The van der Waals surface area contributed by atoms with E-state index in [9.17, 15) is 18.4 Å². The maximum Gasteiger partial charge on any atom is 0.380 e. The van der Waals surface area contributed by atoms with Crippen LogP contribution in [0.15, 0.2) is 29.7 Å². The molecule has 0 unspecified atom stereocenters. The second kappa shape index (κ2) is 10.0. The number of esters is 2. The summed E-state index contributed by atoms with van der Waals surface area (Å²) in [6, 6.07) is 0. The van der Waals surface area contributed by atoms with Crippen molar-refractivity contribution in [1.82, 2.24) is 0 Å². The molecule has 2 aromatic heterocycles. The Balaban J connectivity index is 2.22. The number of ether oxygens (including phenoxy) is 2. The minimum Gasteiger partial charge on any atom is -0.457 e. The third-order valence-corrected chi connectivity index (χ3v) is 8.36. The summed E-state index contributed by atoms with van der Waals surface area (Å²) in [5.41, 5.74) is -3.73. The molecule has 12 heteroatoms. The summed E-state index contributed by atoms with van der Waals surface area (Å²) >= 11 is 1.69. The predicted octanol–water partition coefficient (Wildman–Crippen LogP) is 7.80. The van der Waals surface area contributed by atoms with Gasteiger partial charge in [0.2, 0.25) is 0 Å². The van der Waals surface area contributed by atoms with Crippen LogP contribution in [0.25, 0.3) is 11.1 Å². The number of rotatable bonds is 8. The Morgan fingerprint density at radius 2 is 1.29 bits per heavy atom. The third-order valence-electron chi connectivity index (χ3n) is 6.11. The van der Waals surface area contributed by atoms with E-state index in [0.29, 0.717) is 0 Å². The maximum atomic E-state index is 15.3. The van der Waals surface area contributed by atoms with Crippen molar-refractivity contribution in [3.8, 4) is 0 Å². The summed E-state index contributed by atoms with van der Waals surface area (Å²) in [7, 11) is 0. The van der Waals surface area contributed by atoms with Crippen molar-refractivity contribution in [1.29, 1.82) is 0 Å². The Bertz CT molecular complexity index is 1380. The van der Waals surface area contributed by atoms with E-state index >= 15 is 17.6 Å². The molecule has 0 bridgehead atoms. The summed E-state index contributed by atoms with van der Waals surface area (Å²) in [6.07, 6.45) is 0. The van der Waals surface area contributed by atoms with Gasteiger partial charge in [-0.05, 0) is 56.7 Å². The van der Waals surface area contributed by atoms with Crippen molar-refractivity contribution >= 4 is 45.8 Å². The fourth-order valence-corrected chi connectivity index (χ4v) is 6.05. The fourth-order valence-electron chi connectivity index (χ4n) is 3.98. The smallest absolute Gasteiger partial charge is 0.380 e. The van der Waals surface area contributed by atoms with Crippen molar-refractivity contribution in [2.45, 2.75) is 65.6 Å². The van der Waals surface area contributed by atoms with E-state index in [2.05, 4.69) is 13.2 Å². The zero-order chi connectivity index (χ0) is 29.0. The molecule has 0 aromatic carbocycles. The molecule has 2 aromatic rings. The van der Waals surface area contributed by atoms with Crippen LogP contribution in [0.4, 0.5) is 26.3 Å². The van der Waals surface area contributed by atoms with Crippen LogP contribution in [0, 0.1) is 20.8 Å². The minimum absolute atomic E-state index is 0.00587. The number of alkyl halides is 6. The highest BCUT2D eigenvalue weighted by Crippen LogP contribution is 2.66. The Hall–Kier alpha value is -2.86. The van der Waals surface area contributed by atoms with Crippen molar-refractivity contribution in [3.63, 3.8) is 0 Å². The lowest BCUT2D eigenvalue weighted by molar-refractivity contribution is -0.254. The number of carbonyl (C=O) groups excluding carboxylic acids is 2. The first-order valence-corrected chi connectivity index (χ1v) is 12.8. The number of hydrogen-bond donors (Lipinski definition) is 0. The van der Waals surface area contributed by atoms with Gasteiger partial charge in [-0.15, -0.1) is 22.7 Å². The van der Waals surface area contributed by atoms with Gasteiger partial charge in [0.15, 0.2) is 0 Å². The average molecular weight is 579 g/mol. The van der Waals surface area contributed by atoms with E-state index in [1.165, 1.54) is 34.6 Å². The Labute approximate surface area is 223 Å². The van der Waals surface area contributed by atoms with Crippen LogP contribution < -0.4 is 0 Å². The Kier molecular flexibility index (Phi) is 7.84. The molecule has 0 N–H and O–H groups in total. The van der Waals surface area contributed by atoms with Crippen LogP contribution in [0.3, 0.4) is 0 Å². The number of aryl methyl sites for hydroxylation is 1. The molecule has 0 spiro atoms. The molecular weight excluding hydrogens is 554 g/mol. The monoisotopic (exact) mass is 578 g/mol. The molecule has 0 radical (unpaired) electrons. The molecular formula is C26H24F6O4S2. The van der Waals surface area contributed by atoms with Gasteiger partial charge in [0.05, 0.1) is 0 Å². The molecule has 1 aliphatic carbocycles. The van der Waals surface area contributed by atoms with Gasteiger partial charge in [0, 0.05) is 42.5 Å². The van der Waals surface area contributed by atoms with Crippen LogP contribution in [0.1, 0.15) is 50.7 Å². The maximum absolute atomic E-state index is 15.3. The summed E-state index contributed by atoms with van der Waals surface area (Å²) < 4.78 is 101. The Morgan fingerprint density at radius 1 is 0.816 bits per heavy atom. The molecule has 0 aliphatic heterocycles. The van der Waals surface area contributed by atoms with Gasteiger partial charge < -0.3 is 9.47 Å². The van der Waals surface area contributed by atoms with Crippen molar-refractivity contribution in [2.75, 3.05) is 0 Å². The zero-order valence-electron chi connectivity index (χ0n) is 21.1. The lowest BCUT2D eigenvalue weighted by Gasteiger charge is -2.26. The lowest BCUT2D eigenvalue weighted by atomic mass is 9.92. The summed E-state index contributed by atoms with van der Waals surface area (Å²) in [6.45, 7) is 12.9. The second-order valence-electron chi connectivity index (χ2n) is 8.97.